The van der Waals surface area contributed by atoms with E-state index in [-0.39, 0.29) is 30.1 Å². The fourth-order valence-electron chi connectivity index (χ4n) is 2.77. The summed E-state index contributed by atoms with van der Waals surface area (Å²) in [5.41, 5.74) is 7.08. The molecule has 0 spiro atoms. The Hall–Kier alpha value is -2.77. The number of nitrogens with zero attached hydrogens (tertiary/aromatic N) is 3. The number of rotatable bonds is 9. The fourth-order valence-corrected chi connectivity index (χ4v) is 3.94. The van der Waals surface area contributed by atoms with Crippen molar-refractivity contribution in [1.29, 1.82) is 5.26 Å². The molecule has 0 unspecified atom stereocenters. The molecule has 0 saturated heterocycles. The van der Waals surface area contributed by atoms with Crippen LogP contribution in [0.2, 0.25) is 5.02 Å². The second-order valence-electron chi connectivity index (χ2n) is 7.24. The van der Waals surface area contributed by atoms with E-state index in [4.69, 9.17) is 31.9 Å². The lowest BCUT2D eigenvalue weighted by atomic mass is 10.1. The van der Waals surface area contributed by atoms with Gasteiger partial charge < -0.3 is 20.3 Å². The lowest BCUT2D eigenvalue weighted by Crippen LogP contribution is -2.26. The molecule has 168 valence electrons. The molecule has 0 radical (unpaired) electrons. The highest BCUT2D eigenvalue weighted by Gasteiger charge is 2.17. The zero-order valence-corrected chi connectivity index (χ0v) is 19.1. The molecule has 3 aromatic rings. The van der Waals surface area contributed by atoms with Crippen molar-refractivity contribution in [2.75, 3.05) is 13.2 Å². The Morgan fingerprint density at radius 1 is 1.22 bits per heavy atom. The van der Waals surface area contributed by atoms with Gasteiger partial charge in [0, 0.05) is 23.2 Å². The van der Waals surface area contributed by atoms with Gasteiger partial charge in [-0.15, -0.1) is 10.2 Å². The second-order valence-corrected chi connectivity index (χ2v) is 8.63. The molecular weight excluding hydrogens is 455 g/mol. The molecule has 1 aromatic heterocycles. The van der Waals surface area contributed by atoms with E-state index in [1.54, 1.807) is 18.2 Å². The molecule has 1 heterocycles. The van der Waals surface area contributed by atoms with Crippen molar-refractivity contribution in [3.8, 4) is 38.7 Å². The Bertz CT molecular complexity index is 1130. The van der Waals surface area contributed by atoms with Crippen molar-refractivity contribution in [1.82, 2.24) is 10.2 Å². The number of hydrogen-bond donors (Lipinski definition) is 2. The number of nitrogens with two attached hydrogens (primary N) is 1. The maximum atomic E-state index is 14.5. The molecule has 0 saturated carbocycles. The third-order valence-electron chi connectivity index (χ3n) is 4.37. The molecule has 10 heteroatoms. The molecule has 2 aromatic carbocycles. The van der Waals surface area contributed by atoms with Gasteiger partial charge >= 0.3 is 0 Å². The van der Waals surface area contributed by atoms with Crippen molar-refractivity contribution < 1.29 is 19.0 Å². The number of nitriles is 1. The van der Waals surface area contributed by atoms with Crippen LogP contribution in [0.5, 0.6) is 11.5 Å². The lowest BCUT2D eigenvalue weighted by Gasteiger charge is -2.11. The Morgan fingerprint density at radius 3 is 2.66 bits per heavy atom. The highest BCUT2D eigenvalue weighted by atomic mass is 35.5. The van der Waals surface area contributed by atoms with E-state index in [2.05, 4.69) is 16.3 Å². The summed E-state index contributed by atoms with van der Waals surface area (Å²) < 4.78 is 25.6. The topological polar surface area (TPSA) is 114 Å². The van der Waals surface area contributed by atoms with Gasteiger partial charge in [0.2, 0.25) is 0 Å². The van der Waals surface area contributed by atoms with Crippen molar-refractivity contribution in [2.45, 2.75) is 32.4 Å². The second kappa shape index (κ2) is 10.7. The predicted octanol–water partition coefficient (Wildman–Crippen LogP) is 4.41. The predicted molar refractivity (Wildman–Crippen MR) is 121 cm³/mol. The molecule has 1 atom stereocenters. The number of benzene rings is 2. The SMILES string of the molecule is CC(C)Oc1ccc(-c2nnc(-c3cc(F)c(OCC[C@@H](N)CO)cc3Cl)s2)cc1C#N. The first-order valence-corrected chi connectivity index (χ1v) is 11.0. The van der Waals surface area contributed by atoms with E-state index < -0.39 is 11.9 Å². The Labute approximate surface area is 194 Å². The quantitative estimate of drug-likeness (QED) is 0.470. The van der Waals surface area contributed by atoms with Crippen LogP contribution in [0.25, 0.3) is 21.1 Å². The third-order valence-corrected chi connectivity index (χ3v) is 5.69. The summed E-state index contributed by atoms with van der Waals surface area (Å²) in [6.07, 6.45) is 0.317. The monoisotopic (exact) mass is 476 g/mol. The van der Waals surface area contributed by atoms with E-state index in [0.29, 0.717) is 38.9 Å². The molecule has 0 fully saturated rings. The highest BCUT2D eigenvalue weighted by Crippen LogP contribution is 2.38. The largest absolute Gasteiger partial charge is 0.490 e. The maximum absolute atomic E-state index is 14.5. The van der Waals surface area contributed by atoms with Gasteiger partial charge in [-0.3, -0.25) is 0 Å². The normalized spacial score (nSPS) is 11.9. The van der Waals surface area contributed by atoms with Gasteiger partial charge in [-0.05, 0) is 44.5 Å². The van der Waals surface area contributed by atoms with Gasteiger partial charge in [0.15, 0.2) is 11.6 Å². The minimum atomic E-state index is -0.597. The molecule has 0 aliphatic rings. The number of halogens is 2. The summed E-state index contributed by atoms with van der Waals surface area (Å²) in [6.45, 7) is 3.74. The van der Waals surface area contributed by atoms with Crippen LogP contribution < -0.4 is 15.2 Å². The number of aliphatic hydroxyl groups excluding tert-OH is 1. The molecule has 3 rings (SSSR count). The van der Waals surface area contributed by atoms with E-state index in [1.807, 2.05) is 13.8 Å². The zero-order chi connectivity index (χ0) is 23.3. The summed E-state index contributed by atoms with van der Waals surface area (Å²) in [5, 5.41) is 27.9. The molecular formula is C22H22ClFN4O3S. The van der Waals surface area contributed by atoms with Crippen molar-refractivity contribution in [2.24, 2.45) is 5.73 Å². The number of ether oxygens (including phenoxy) is 2. The molecule has 3 N–H and O–H groups in total. The summed E-state index contributed by atoms with van der Waals surface area (Å²) in [4.78, 5) is 0. The Morgan fingerprint density at radius 2 is 1.97 bits per heavy atom. The minimum absolute atomic E-state index is 0.00645. The summed E-state index contributed by atoms with van der Waals surface area (Å²) in [5.74, 6) is -0.106. The van der Waals surface area contributed by atoms with Gasteiger partial charge in [0.1, 0.15) is 21.8 Å². The van der Waals surface area contributed by atoms with Crippen LogP contribution in [-0.4, -0.2) is 40.7 Å². The van der Waals surface area contributed by atoms with Crippen LogP contribution in [0.15, 0.2) is 30.3 Å². The number of hydrogen-bond acceptors (Lipinski definition) is 8. The van der Waals surface area contributed by atoms with E-state index in [1.165, 1.54) is 23.5 Å². The highest BCUT2D eigenvalue weighted by molar-refractivity contribution is 7.18. The first kappa shape index (κ1) is 23.9. The Kier molecular flexibility index (Phi) is 7.99. The van der Waals surface area contributed by atoms with Gasteiger partial charge in [-0.2, -0.15) is 5.26 Å². The van der Waals surface area contributed by atoms with Crippen LogP contribution in [0.3, 0.4) is 0 Å². The molecule has 0 bridgehead atoms. The van der Waals surface area contributed by atoms with Crippen molar-refractivity contribution in [3.05, 3.63) is 46.7 Å². The van der Waals surface area contributed by atoms with Crippen LogP contribution in [0.4, 0.5) is 4.39 Å². The number of aliphatic hydroxyl groups is 1. The molecule has 7 nitrogen and oxygen atoms in total. The van der Waals surface area contributed by atoms with Gasteiger partial charge in [-0.1, -0.05) is 22.9 Å². The summed E-state index contributed by atoms with van der Waals surface area (Å²) >= 11 is 7.57. The van der Waals surface area contributed by atoms with Crippen LogP contribution in [0, 0.1) is 17.1 Å². The van der Waals surface area contributed by atoms with E-state index in [9.17, 15) is 9.65 Å². The van der Waals surface area contributed by atoms with Crippen LogP contribution >= 0.6 is 22.9 Å². The summed E-state index contributed by atoms with van der Waals surface area (Å²) in [6, 6.07) is 9.51. The van der Waals surface area contributed by atoms with E-state index in [0.717, 1.165) is 0 Å². The van der Waals surface area contributed by atoms with Gasteiger partial charge in [0.05, 0.1) is 29.9 Å². The molecule has 0 aliphatic heterocycles. The fraction of sp³-hybridized carbons (Fsp3) is 0.318. The number of aromatic nitrogens is 2. The van der Waals surface area contributed by atoms with Gasteiger partial charge in [-0.25, -0.2) is 4.39 Å². The molecule has 0 aliphatic carbocycles. The van der Waals surface area contributed by atoms with Gasteiger partial charge in [0.25, 0.3) is 0 Å². The lowest BCUT2D eigenvalue weighted by molar-refractivity contribution is 0.227. The maximum Gasteiger partial charge on any atom is 0.165 e. The van der Waals surface area contributed by atoms with Crippen molar-refractivity contribution in [3.63, 3.8) is 0 Å². The van der Waals surface area contributed by atoms with Crippen LogP contribution in [-0.2, 0) is 0 Å². The zero-order valence-electron chi connectivity index (χ0n) is 17.5. The first-order valence-electron chi connectivity index (χ1n) is 9.85. The van der Waals surface area contributed by atoms with E-state index >= 15 is 0 Å². The molecule has 0 amide bonds. The third kappa shape index (κ3) is 5.72. The van der Waals surface area contributed by atoms with Crippen molar-refractivity contribution >= 4 is 22.9 Å². The smallest absolute Gasteiger partial charge is 0.165 e. The van der Waals surface area contributed by atoms with Crippen LogP contribution in [0.1, 0.15) is 25.8 Å². The minimum Gasteiger partial charge on any atom is -0.490 e. The average molecular weight is 477 g/mol. The standard InChI is InChI=1S/C22H22ClFN4O3S/c1-12(2)31-19-4-3-13(7-14(19)10-25)21-27-28-22(32-21)16-8-18(24)20(9-17(16)23)30-6-5-15(26)11-29/h3-4,7-9,12,15,29H,5-6,11,26H2,1-2H3/t15-/m1/s1. The summed E-state index contributed by atoms with van der Waals surface area (Å²) in [7, 11) is 0. The Balaban J connectivity index is 1.82. The molecule has 32 heavy (non-hydrogen) atoms. The first-order chi connectivity index (χ1) is 15.3. The average Bonchev–Trinajstić information content (AvgIpc) is 3.25.